The minimum absolute atomic E-state index is 0.116. The van der Waals surface area contributed by atoms with Gasteiger partial charge in [-0.1, -0.05) is 17.7 Å². The molecule has 1 aromatic carbocycles. The highest BCUT2D eigenvalue weighted by atomic mass is 35.5. The highest BCUT2D eigenvalue weighted by molar-refractivity contribution is 6.29. The van der Waals surface area contributed by atoms with Crippen LogP contribution in [-0.4, -0.2) is 15.1 Å². The molecule has 4 nitrogen and oxygen atoms in total. The largest absolute Gasteiger partial charge is 0.508 e. The minimum Gasteiger partial charge on any atom is -0.508 e. The summed E-state index contributed by atoms with van der Waals surface area (Å²) in [7, 11) is 0. The first-order valence-corrected chi connectivity index (χ1v) is 5.04. The van der Waals surface area contributed by atoms with Crippen molar-refractivity contribution in [2.75, 3.05) is 5.73 Å². The van der Waals surface area contributed by atoms with E-state index in [1.807, 2.05) is 6.92 Å². The molecule has 0 amide bonds. The molecule has 5 heteroatoms. The Morgan fingerprint density at radius 3 is 2.69 bits per heavy atom. The molecule has 0 aliphatic carbocycles. The lowest BCUT2D eigenvalue weighted by Gasteiger charge is -2.06. The van der Waals surface area contributed by atoms with Gasteiger partial charge in [0.05, 0.1) is 5.69 Å². The quantitative estimate of drug-likeness (QED) is 0.745. The van der Waals surface area contributed by atoms with E-state index in [0.717, 1.165) is 11.1 Å². The molecule has 0 spiro atoms. The molecular formula is C11H10ClN3O. The number of nitrogens with two attached hydrogens (primary N) is 1. The number of anilines is 1. The van der Waals surface area contributed by atoms with Crippen molar-refractivity contribution in [3.63, 3.8) is 0 Å². The first-order valence-electron chi connectivity index (χ1n) is 4.66. The fraction of sp³-hybridized carbons (Fsp3) is 0.0909. The number of aryl methyl sites for hydroxylation is 1. The lowest BCUT2D eigenvalue weighted by Crippen LogP contribution is -1.97. The van der Waals surface area contributed by atoms with Crippen molar-refractivity contribution in [3.8, 4) is 17.0 Å². The predicted octanol–water partition coefficient (Wildman–Crippen LogP) is 2.39. The van der Waals surface area contributed by atoms with E-state index >= 15 is 0 Å². The van der Waals surface area contributed by atoms with Crippen molar-refractivity contribution < 1.29 is 5.11 Å². The van der Waals surface area contributed by atoms with Crippen LogP contribution in [0.3, 0.4) is 0 Å². The van der Waals surface area contributed by atoms with Crippen LogP contribution >= 0.6 is 11.6 Å². The molecule has 0 fully saturated rings. The third-order valence-corrected chi connectivity index (χ3v) is 2.40. The number of rotatable bonds is 1. The lowest BCUT2D eigenvalue weighted by molar-refractivity contribution is 0.475. The second kappa shape index (κ2) is 3.98. The van der Waals surface area contributed by atoms with Crippen LogP contribution in [0, 0.1) is 6.92 Å². The second-order valence-corrected chi connectivity index (χ2v) is 3.82. The highest BCUT2D eigenvalue weighted by Crippen LogP contribution is 2.27. The molecule has 0 bridgehead atoms. The summed E-state index contributed by atoms with van der Waals surface area (Å²) in [6.45, 7) is 1.92. The Labute approximate surface area is 97.7 Å². The van der Waals surface area contributed by atoms with E-state index in [0.29, 0.717) is 5.69 Å². The van der Waals surface area contributed by atoms with Crippen molar-refractivity contribution in [2.45, 2.75) is 6.92 Å². The van der Waals surface area contributed by atoms with Crippen LogP contribution in [0.25, 0.3) is 11.3 Å². The number of aromatic nitrogens is 2. The maximum Gasteiger partial charge on any atom is 0.221 e. The molecule has 82 valence electrons. The summed E-state index contributed by atoms with van der Waals surface area (Å²) in [5, 5.41) is 9.71. The number of benzene rings is 1. The van der Waals surface area contributed by atoms with E-state index in [1.165, 1.54) is 0 Å². The summed E-state index contributed by atoms with van der Waals surface area (Å²) in [5.41, 5.74) is 7.89. The second-order valence-electron chi connectivity index (χ2n) is 3.43. The lowest BCUT2D eigenvalue weighted by atomic mass is 10.1. The van der Waals surface area contributed by atoms with E-state index in [1.54, 1.807) is 24.3 Å². The van der Waals surface area contributed by atoms with Crippen molar-refractivity contribution in [1.82, 2.24) is 9.97 Å². The first-order chi connectivity index (χ1) is 7.56. The van der Waals surface area contributed by atoms with Gasteiger partial charge in [0.2, 0.25) is 5.95 Å². The number of hydrogen-bond acceptors (Lipinski definition) is 4. The van der Waals surface area contributed by atoms with Crippen molar-refractivity contribution in [3.05, 3.63) is 35.0 Å². The van der Waals surface area contributed by atoms with Crippen molar-refractivity contribution in [1.29, 1.82) is 0 Å². The smallest absolute Gasteiger partial charge is 0.221 e. The molecule has 0 aliphatic heterocycles. The van der Waals surface area contributed by atoms with Crippen LogP contribution < -0.4 is 5.73 Å². The minimum atomic E-state index is 0.116. The maximum absolute atomic E-state index is 9.43. The summed E-state index contributed by atoms with van der Waals surface area (Å²) in [6, 6.07) is 6.65. The fourth-order valence-corrected chi connectivity index (χ4v) is 1.65. The topological polar surface area (TPSA) is 72.0 Å². The summed E-state index contributed by atoms with van der Waals surface area (Å²) >= 11 is 5.80. The molecule has 0 unspecified atom stereocenters. The van der Waals surface area contributed by atoms with E-state index in [2.05, 4.69) is 9.97 Å². The van der Waals surface area contributed by atoms with Gasteiger partial charge >= 0.3 is 0 Å². The molecule has 0 radical (unpaired) electrons. The predicted molar refractivity (Wildman–Crippen MR) is 63.3 cm³/mol. The van der Waals surface area contributed by atoms with Crippen LogP contribution in [0.2, 0.25) is 5.15 Å². The monoisotopic (exact) mass is 235 g/mol. The van der Waals surface area contributed by atoms with Gasteiger partial charge in [-0.05, 0) is 24.6 Å². The van der Waals surface area contributed by atoms with Gasteiger partial charge in [-0.25, -0.2) is 9.97 Å². The Morgan fingerprint density at radius 1 is 1.25 bits per heavy atom. The molecule has 0 saturated carbocycles. The zero-order valence-corrected chi connectivity index (χ0v) is 9.36. The molecular weight excluding hydrogens is 226 g/mol. The number of aromatic hydroxyl groups is 1. The Morgan fingerprint density at radius 2 is 2.00 bits per heavy atom. The zero-order chi connectivity index (χ0) is 11.7. The molecule has 2 rings (SSSR count). The standard InChI is InChI=1S/C11H10ClN3O/c1-6-2-3-7(16)4-8(6)9-5-10(12)15-11(13)14-9/h2-5,16H,1H3,(H2,13,14,15). The molecule has 1 aromatic heterocycles. The summed E-state index contributed by atoms with van der Waals surface area (Å²) < 4.78 is 0. The average molecular weight is 236 g/mol. The van der Waals surface area contributed by atoms with Gasteiger partial charge < -0.3 is 10.8 Å². The van der Waals surface area contributed by atoms with E-state index < -0.39 is 0 Å². The van der Waals surface area contributed by atoms with E-state index in [4.69, 9.17) is 17.3 Å². The van der Waals surface area contributed by atoms with Gasteiger partial charge in [-0.3, -0.25) is 0 Å². The van der Waals surface area contributed by atoms with Crippen LogP contribution in [-0.2, 0) is 0 Å². The molecule has 0 aliphatic rings. The Hall–Kier alpha value is -1.81. The molecule has 0 atom stereocenters. The Bertz CT molecular complexity index is 522. The average Bonchev–Trinajstić information content (AvgIpc) is 2.20. The van der Waals surface area contributed by atoms with Gasteiger partial charge in [0.1, 0.15) is 10.9 Å². The van der Waals surface area contributed by atoms with Gasteiger partial charge in [0, 0.05) is 11.6 Å². The Balaban J connectivity index is 2.62. The normalized spacial score (nSPS) is 10.4. The summed E-state index contributed by atoms with van der Waals surface area (Å²) in [4.78, 5) is 7.86. The molecule has 16 heavy (non-hydrogen) atoms. The third-order valence-electron chi connectivity index (χ3n) is 2.21. The highest BCUT2D eigenvalue weighted by Gasteiger charge is 2.07. The number of nitrogen functional groups attached to an aromatic ring is 1. The van der Waals surface area contributed by atoms with Gasteiger partial charge in [-0.15, -0.1) is 0 Å². The van der Waals surface area contributed by atoms with Crippen LogP contribution in [0.15, 0.2) is 24.3 Å². The van der Waals surface area contributed by atoms with Crippen LogP contribution in [0.1, 0.15) is 5.56 Å². The fourth-order valence-electron chi connectivity index (χ4n) is 1.46. The zero-order valence-electron chi connectivity index (χ0n) is 8.61. The number of halogens is 1. The maximum atomic E-state index is 9.43. The number of nitrogens with zero attached hydrogens (tertiary/aromatic N) is 2. The number of phenols is 1. The molecule has 3 N–H and O–H groups in total. The SMILES string of the molecule is Cc1ccc(O)cc1-c1cc(Cl)nc(N)n1. The third kappa shape index (κ3) is 2.06. The number of phenolic OH excluding ortho intramolecular Hbond substituents is 1. The summed E-state index contributed by atoms with van der Waals surface area (Å²) in [6.07, 6.45) is 0. The molecule has 0 saturated heterocycles. The number of hydrogen-bond donors (Lipinski definition) is 2. The van der Waals surface area contributed by atoms with Crippen LogP contribution in [0.4, 0.5) is 5.95 Å². The van der Waals surface area contributed by atoms with Crippen LogP contribution in [0.5, 0.6) is 5.75 Å². The summed E-state index contributed by atoms with van der Waals surface area (Å²) in [5.74, 6) is 0.291. The Kier molecular flexibility index (Phi) is 2.66. The van der Waals surface area contributed by atoms with E-state index in [-0.39, 0.29) is 16.9 Å². The molecule has 1 heterocycles. The van der Waals surface area contributed by atoms with Gasteiger partial charge in [-0.2, -0.15) is 0 Å². The molecule has 2 aromatic rings. The van der Waals surface area contributed by atoms with Gasteiger partial charge in [0.15, 0.2) is 0 Å². The first kappa shape index (κ1) is 10.7. The van der Waals surface area contributed by atoms with Gasteiger partial charge in [0.25, 0.3) is 0 Å². The van der Waals surface area contributed by atoms with Crippen molar-refractivity contribution in [2.24, 2.45) is 0 Å². The van der Waals surface area contributed by atoms with Crippen molar-refractivity contribution >= 4 is 17.5 Å². The van der Waals surface area contributed by atoms with E-state index in [9.17, 15) is 5.11 Å².